The van der Waals surface area contributed by atoms with Gasteiger partial charge in [0.05, 0.1) is 12.7 Å². The van der Waals surface area contributed by atoms with Crippen molar-refractivity contribution < 1.29 is 14.3 Å². The van der Waals surface area contributed by atoms with Gasteiger partial charge in [-0.05, 0) is 34.0 Å². The van der Waals surface area contributed by atoms with Gasteiger partial charge in [-0.25, -0.2) is 4.79 Å². The highest BCUT2D eigenvalue weighted by molar-refractivity contribution is 6.63. The van der Waals surface area contributed by atoms with E-state index >= 15 is 0 Å². The maximum Gasteiger partial charge on any atom is 0.338 e. The molecule has 0 heterocycles. The monoisotopic (exact) mass is 262 g/mol. The molecule has 0 radical (unpaired) electrons. The Morgan fingerprint density at radius 1 is 1.22 bits per heavy atom. The summed E-state index contributed by atoms with van der Waals surface area (Å²) in [5.41, 5.74) is 1.34. The summed E-state index contributed by atoms with van der Waals surface area (Å²) in [5, 5.41) is 1.28. The van der Waals surface area contributed by atoms with Crippen LogP contribution >= 0.6 is 11.6 Å². The minimum absolute atomic E-state index is 0.181. The highest BCUT2D eigenvalue weighted by atomic mass is 35.5. The van der Waals surface area contributed by atoms with E-state index in [0.717, 1.165) is 16.3 Å². The number of carbonyl (C=O) groups is 2. The zero-order chi connectivity index (χ0) is 13.1. The fourth-order valence-electron chi connectivity index (χ4n) is 1.89. The van der Waals surface area contributed by atoms with Crippen LogP contribution in [0.25, 0.3) is 10.8 Å². The molecule has 0 atom stereocenters. The summed E-state index contributed by atoms with van der Waals surface area (Å²) in [6, 6.07) is 10.8. The second-order valence-electron chi connectivity index (χ2n) is 3.88. The number of hydrogen-bond donors (Lipinski definition) is 0. The molecule has 2 aromatic carbocycles. The molecule has 2 aromatic rings. The number of benzene rings is 2. The lowest BCUT2D eigenvalue weighted by Gasteiger charge is -2.06. The fraction of sp³-hybridized carbons (Fsp3) is 0.143. The number of rotatable bonds is 3. The largest absolute Gasteiger partial charge is 0.465 e. The Morgan fingerprint density at radius 2 is 2.00 bits per heavy atom. The molecule has 0 aliphatic carbocycles. The number of fused-ring (bicyclic) bond motifs is 1. The van der Waals surface area contributed by atoms with E-state index in [2.05, 4.69) is 0 Å². The van der Waals surface area contributed by atoms with Crippen LogP contribution in [-0.4, -0.2) is 18.3 Å². The summed E-state index contributed by atoms with van der Waals surface area (Å²) >= 11 is 5.35. The Bertz CT molecular complexity index is 619. The number of ether oxygens (including phenoxy) is 1. The summed E-state index contributed by atoms with van der Waals surface area (Å²) in [5.74, 6) is -0.373. The zero-order valence-corrected chi connectivity index (χ0v) is 10.5. The summed E-state index contributed by atoms with van der Waals surface area (Å²) in [4.78, 5) is 22.5. The van der Waals surface area contributed by atoms with E-state index in [0.29, 0.717) is 5.56 Å². The summed E-state index contributed by atoms with van der Waals surface area (Å²) in [7, 11) is 1.35. The minimum Gasteiger partial charge on any atom is -0.465 e. The van der Waals surface area contributed by atoms with Gasteiger partial charge in [0.1, 0.15) is 0 Å². The molecule has 0 spiro atoms. The molecular formula is C14H11ClO3. The van der Waals surface area contributed by atoms with Gasteiger partial charge in [-0.3, -0.25) is 4.79 Å². The highest BCUT2D eigenvalue weighted by Crippen LogP contribution is 2.21. The first kappa shape index (κ1) is 12.6. The summed E-state index contributed by atoms with van der Waals surface area (Å²) in [6.07, 6.45) is 0.181. The molecule has 0 amide bonds. The molecule has 4 heteroatoms. The average molecular weight is 263 g/mol. The smallest absolute Gasteiger partial charge is 0.338 e. The van der Waals surface area contributed by atoms with E-state index in [-0.39, 0.29) is 12.4 Å². The molecule has 0 aliphatic rings. The van der Waals surface area contributed by atoms with E-state index < -0.39 is 5.24 Å². The van der Waals surface area contributed by atoms with Gasteiger partial charge in [-0.2, -0.15) is 0 Å². The van der Waals surface area contributed by atoms with Crippen LogP contribution in [0, 0.1) is 0 Å². The van der Waals surface area contributed by atoms with Crippen LogP contribution in [0.3, 0.4) is 0 Å². The number of methoxy groups -OCH3 is 1. The van der Waals surface area contributed by atoms with Crippen LogP contribution in [0.2, 0.25) is 0 Å². The maximum absolute atomic E-state index is 11.6. The first-order valence-electron chi connectivity index (χ1n) is 5.40. The normalized spacial score (nSPS) is 10.3. The first-order valence-corrected chi connectivity index (χ1v) is 5.78. The summed E-state index contributed by atoms with van der Waals surface area (Å²) in [6.45, 7) is 0. The van der Waals surface area contributed by atoms with Gasteiger partial charge in [0.2, 0.25) is 5.24 Å². The number of carbonyl (C=O) groups excluding carboxylic acids is 2. The predicted molar refractivity (Wildman–Crippen MR) is 69.9 cm³/mol. The van der Waals surface area contributed by atoms with Crippen LogP contribution in [-0.2, 0) is 16.0 Å². The first-order chi connectivity index (χ1) is 8.61. The predicted octanol–water partition coefficient (Wildman–Crippen LogP) is 2.93. The van der Waals surface area contributed by atoms with Crippen molar-refractivity contribution in [1.82, 2.24) is 0 Å². The van der Waals surface area contributed by atoms with E-state index in [1.165, 1.54) is 7.11 Å². The van der Waals surface area contributed by atoms with E-state index in [1.807, 2.05) is 12.1 Å². The lowest BCUT2D eigenvalue weighted by Crippen LogP contribution is -2.02. The highest BCUT2D eigenvalue weighted by Gasteiger charge is 2.10. The van der Waals surface area contributed by atoms with Gasteiger partial charge >= 0.3 is 5.97 Å². The molecular weight excluding hydrogens is 252 g/mol. The van der Waals surface area contributed by atoms with Gasteiger partial charge in [0.25, 0.3) is 0 Å². The van der Waals surface area contributed by atoms with Crippen LogP contribution in [0.1, 0.15) is 15.9 Å². The lowest BCUT2D eigenvalue weighted by molar-refractivity contribution is -0.111. The van der Waals surface area contributed by atoms with Crippen molar-refractivity contribution in [3.05, 3.63) is 47.5 Å². The average Bonchev–Trinajstić information content (AvgIpc) is 2.36. The Morgan fingerprint density at radius 3 is 2.67 bits per heavy atom. The molecule has 0 aromatic heterocycles. The standard InChI is InChI=1S/C14H11ClO3/c1-18-14(17)12-4-2-3-10-7-9(8-13(15)16)5-6-11(10)12/h2-7H,8H2,1H3. The Balaban J connectivity index is 2.53. The van der Waals surface area contributed by atoms with Crippen molar-refractivity contribution in [2.75, 3.05) is 7.11 Å². The molecule has 0 fully saturated rings. The van der Waals surface area contributed by atoms with Crippen molar-refractivity contribution in [2.24, 2.45) is 0 Å². The molecule has 0 saturated carbocycles. The third-order valence-electron chi connectivity index (χ3n) is 2.69. The molecule has 2 rings (SSSR count). The second kappa shape index (κ2) is 5.19. The number of esters is 1. The van der Waals surface area contributed by atoms with Crippen LogP contribution in [0.5, 0.6) is 0 Å². The zero-order valence-electron chi connectivity index (χ0n) is 9.77. The van der Waals surface area contributed by atoms with Gasteiger partial charge < -0.3 is 4.74 Å². The van der Waals surface area contributed by atoms with Crippen LogP contribution in [0.15, 0.2) is 36.4 Å². The maximum atomic E-state index is 11.6. The molecule has 0 N–H and O–H groups in total. The second-order valence-corrected chi connectivity index (χ2v) is 4.31. The molecule has 0 unspecified atom stereocenters. The third kappa shape index (κ3) is 2.51. The van der Waals surface area contributed by atoms with Crippen molar-refractivity contribution in [3.63, 3.8) is 0 Å². The molecule has 3 nitrogen and oxygen atoms in total. The SMILES string of the molecule is COC(=O)c1cccc2cc(CC(=O)Cl)ccc12. The molecule has 0 saturated heterocycles. The molecule has 0 aliphatic heterocycles. The van der Waals surface area contributed by atoms with Crippen LogP contribution in [0.4, 0.5) is 0 Å². The molecule has 18 heavy (non-hydrogen) atoms. The number of halogens is 1. The molecule has 0 bridgehead atoms. The Labute approximate surface area is 109 Å². The quantitative estimate of drug-likeness (QED) is 0.631. The van der Waals surface area contributed by atoms with Gasteiger partial charge in [-0.1, -0.05) is 30.3 Å². The van der Waals surface area contributed by atoms with Crippen LogP contribution < -0.4 is 0 Å². The summed E-state index contributed by atoms with van der Waals surface area (Å²) < 4.78 is 4.73. The van der Waals surface area contributed by atoms with E-state index in [9.17, 15) is 9.59 Å². The van der Waals surface area contributed by atoms with Crippen molar-refractivity contribution >= 4 is 33.6 Å². The van der Waals surface area contributed by atoms with Gasteiger partial charge in [0.15, 0.2) is 0 Å². The topological polar surface area (TPSA) is 43.4 Å². The molecule has 92 valence electrons. The Hall–Kier alpha value is -1.87. The third-order valence-corrected chi connectivity index (χ3v) is 2.83. The van der Waals surface area contributed by atoms with Crippen molar-refractivity contribution in [2.45, 2.75) is 6.42 Å². The minimum atomic E-state index is -0.404. The Kier molecular flexibility index (Phi) is 3.63. The van der Waals surface area contributed by atoms with Crippen molar-refractivity contribution in [3.8, 4) is 0 Å². The number of hydrogen-bond acceptors (Lipinski definition) is 3. The van der Waals surface area contributed by atoms with E-state index in [4.69, 9.17) is 16.3 Å². The van der Waals surface area contributed by atoms with Crippen molar-refractivity contribution in [1.29, 1.82) is 0 Å². The van der Waals surface area contributed by atoms with Gasteiger partial charge in [-0.15, -0.1) is 0 Å². The lowest BCUT2D eigenvalue weighted by atomic mass is 10.0. The van der Waals surface area contributed by atoms with Gasteiger partial charge in [0, 0.05) is 6.42 Å². The fourth-order valence-corrected chi connectivity index (χ4v) is 2.05. The van der Waals surface area contributed by atoms with E-state index in [1.54, 1.807) is 24.3 Å².